The summed E-state index contributed by atoms with van der Waals surface area (Å²) in [6.07, 6.45) is 1.92. The van der Waals surface area contributed by atoms with Gasteiger partial charge in [-0.2, -0.15) is 8.42 Å². The molecule has 0 N–H and O–H groups in total. The molecule has 0 aliphatic rings. The van der Waals surface area contributed by atoms with Crippen LogP contribution in [0.25, 0.3) is 0 Å². The Labute approximate surface area is 130 Å². The van der Waals surface area contributed by atoms with E-state index in [0.29, 0.717) is 5.56 Å². The fraction of sp³-hybridized carbons (Fsp3) is 0.235. The number of aryl methyl sites for hydroxylation is 1. The molecule has 0 saturated heterocycles. The number of benzene rings is 2. The van der Waals surface area contributed by atoms with E-state index < -0.39 is 10.1 Å². The maximum Gasteiger partial charge on any atom is 0.339 e. The van der Waals surface area contributed by atoms with Gasteiger partial charge in [0.1, 0.15) is 10.6 Å². The number of hydrogen-bond acceptors (Lipinski definition) is 4. The van der Waals surface area contributed by atoms with E-state index in [2.05, 4.69) is 6.92 Å². The molecule has 4 nitrogen and oxygen atoms in total. The Bertz CT molecular complexity index is 744. The van der Waals surface area contributed by atoms with Gasteiger partial charge >= 0.3 is 10.1 Å². The lowest BCUT2D eigenvalue weighted by atomic mass is 10.1. The number of carbonyl (C=O) groups excluding carboxylic acids is 1. The predicted molar refractivity (Wildman–Crippen MR) is 84.7 cm³/mol. The normalized spacial score (nSPS) is 11.2. The maximum absolute atomic E-state index is 12.2. The summed E-state index contributed by atoms with van der Waals surface area (Å²) in [5.41, 5.74) is 1.60. The molecule has 5 heteroatoms. The Morgan fingerprint density at radius 3 is 2.09 bits per heavy atom. The lowest BCUT2D eigenvalue weighted by molar-refractivity contribution is 0.101. The second-order valence-electron chi connectivity index (χ2n) is 5.01. The van der Waals surface area contributed by atoms with Crippen molar-refractivity contribution in [1.82, 2.24) is 0 Å². The van der Waals surface area contributed by atoms with Crippen LogP contribution < -0.4 is 4.18 Å². The molecule has 0 atom stereocenters. The molecule has 0 aliphatic carbocycles. The van der Waals surface area contributed by atoms with E-state index in [1.54, 1.807) is 24.3 Å². The SMILES string of the molecule is CCCc1ccc(S(=O)(=O)Oc2ccc(C(C)=O)cc2)cc1. The van der Waals surface area contributed by atoms with Crippen molar-refractivity contribution in [2.24, 2.45) is 0 Å². The first-order valence-electron chi connectivity index (χ1n) is 7.07. The average Bonchev–Trinajstić information content (AvgIpc) is 2.48. The highest BCUT2D eigenvalue weighted by molar-refractivity contribution is 7.87. The number of Topliss-reactive ketones (excluding diaryl/α,β-unsaturated/α-hetero) is 1. The van der Waals surface area contributed by atoms with Crippen molar-refractivity contribution >= 4 is 15.9 Å². The Morgan fingerprint density at radius 1 is 1.00 bits per heavy atom. The van der Waals surface area contributed by atoms with Crippen LogP contribution in [0.3, 0.4) is 0 Å². The molecule has 0 radical (unpaired) electrons. The molecular formula is C17H18O4S. The minimum Gasteiger partial charge on any atom is -0.379 e. The summed E-state index contributed by atoms with van der Waals surface area (Å²) in [5, 5.41) is 0. The van der Waals surface area contributed by atoms with Gasteiger partial charge in [-0.15, -0.1) is 0 Å². The van der Waals surface area contributed by atoms with Gasteiger partial charge in [-0.1, -0.05) is 25.5 Å². The van der Waals surface area contributed by atoms with Gasteiger partial charge in [-0.05, 0) is 55.3 Å². The van der Waals surface area contributed by atoms with Crippen LogP contribution in [0.15, 0.2) is 53.4 Å². The Morgan fingerprint density at radius 2 is 1.59 bits per heavy atom. The summed E-state index contributed by atoms with van der Waals surface area (Å²) < 4.78 is 29.5. The average molecular weight is 318 g/mol. The minimum atomic E-state index is -3.86. The molecule has 2 aromatic carbocycles. The fourth-order valence-electron chi connectivity index (χ4n) is 2.03. The zero-order chi connectivity index (χ0) is 16.2. The van der Waals surface area contributed by atoms with E-state index in [-0.39, 0.29) is 16.4 Å². The molecule has 0 heterocycles. The highest BCUT2D eigenvalue weighted by Gasteiger charge is 2.16. The molecule has 22 heavy (non-hydrogen) atoms. The molecule has 0 amide bonds. The fourth-order valence-corrected chi connectivity index (χ4v) is 2.96. The smallest absolute Gasteiger partial charge is 0.339 e. The first-order chi connectivity index (χ1) is 10.4. The summed E-state index contributed by atoms with van der Waals surface area (Å²) in [7, 11) is -3.86. The standard InChI is InChI=1S/C17H18O4S/c1-3-4-14-5-11-17(12-6-14)22(19,20)21-16-9-7-15(8-10-16)13(2)18/h5-12H,3-4H2,1-2H3. The van der Waals surface area contributed by atoms with E-state index in [1.807, 2.05) is 0 Å². The Kier molecular flexibility index (Phi) is 4.98. The van der Waals surface area contributed by atoms with Gasteiger partial charge in [-0.25, -0.2) is 0 Å². The molecule has 2 rings (SSSR count). The molecule has 0 aliphatic heterocycles. The zero-order valence-corrected chi connectivity index (χ0v) is 13.4. The van der Waals surface area contributed by atoms with Gasteiger partial charge in [0, 0.05) is 5.56 Å². The molecule has 116 valence electrons. The molecule has 0 aromatic heterocycles. The van der Waals surface area contributed by atoms with Crippen LogP contribution in [0.5, 0.6) is 5.75 Å². The van der Waals surface area contributed by atoms with Crippen LogP contribution in [0.4, 0.5) is 0 Å². The van der Waals surface area contributed by atoms with Crippen LogP contribution in [-0.4, -0.2) is 14.2 Å². The highest BCUT2D eigenvalue weighted by Crippen LogP contribution is 2.20. The van der Waals surface area contributed by atoms with Crippen molar-refractivity contribution in [3.63, 3.8) is 0 Å². The third-order valence-corrected chi connectivity index (χ3v) is 4.48. The van der Waals surface area contributed by atoms with E-state index in [9.17, 15) is 13.2 Å². The zero-order valence-electron chi connectivity index (χ0n) is 12.6. The summed E-state index contributed by atoms with van der Waals surface area (Å²) in [5.74, 6) is 0.101. The van der Waals surface area contributed by atoms with E-state index in [0.717, 1.165) is 18.4 Å². The number of hydrogen-bond donors (Lipinski definition) is 0. The van der Waals surface area contributed by atoms with Crippen molar-refractivity contribution in [3.05, 3.63) is 59.7 Å². The van der Waals surface area contributed by atoms with E-state index in [4.69, 9.17) is 4.18 Å². The van der Waals surface area contributed by atoms with Crippen LogP contribution in [0.2, 0.25) is 0 Å². The van der Waals surface area contributed by atoms with Crippen LogP contribution in [0.1, 0.15) is 36.2 Å². The van der Waals surface area contributed by atoms with Gasteiger partial charge < -0.3 is 4.18 Å². The highest BCUT2D eigenvalue weighted by atomic mass is 32.2. The van der Waals surface area contributed by atoms with Crippen LogP contribution in [-0.2, 0) is 16.5 Å². The second-order valence-corrected chi connectivity index (χ2v) is 6.56. The number of rotatable bonds is 6. The molecule has 0 unspecified atom stereocenters. The quantitative estimate of drug-likeness (QED) is 0.603. The van der Waals surface area contributed by atoms with Gasteiger partial charge in [0.05, 0.1) is 0 Å². The predicted octanol–water partition coefficient (Wildman–Crippen LogP) is 3.61. The van der Waals surface area contributed by atoms with Gasteiger partial charge in [0.2, 0.25) is 0 Å². The third kappa shape index (κ3) is 3.95. The van der Waals surface area contributed by atoms with Gasteiger partial charge in [0.15, 0.2) is 5.78 Å². The first-order valence-corrected chi connectivity index (χ1v) is 8.47. The van der Waals surface area contributed by atoms with E-state index >= 15 is 0 Å². The topological polar surface area (TPSA) is 60.4 Å². The minimum absolute atomic E-state index is 0.0825. The van der Waals surface area contributed by atoms with Crippen molar-refractivity contribution in [3.8, 4) is 5.75 Å². The molecule has 0 saturated carbocycles. The van der Waals surface area contributed by atoms with Crippen molar-refractivity contribution < 1.29 is 17.4 Å². The first kappa shape index (κ1) is 16.2. The van der Waals surface area contributed by atoms with Crippen molar-refractivity contribution in [1.29, 1.82) is 0 Å². The Hall–Kier alpha value is -2.14. The van der Waals surface area contributed by atoms with Crippen LogP contribution >= 0.6 is 0 Å². The number of ketones is 1. The lowest BCUT2D eigenvalue weighted by Crippen LogP contribution is -2.09. The van der Waals surface area contributed by atoms with Crippen molar-refractivity contribution in [2.75, 3.05) is 0 Å². The molecule has 2 aromatic rings. The van der Waals surface area contributed by atoms with Crippen molar-refractivity contribution in [2.45, 2.75) is 31.6 Å². The monoisotopic (exact) mass is 318 g/mol. The van der Waals surface area contributed by atoms with Gasteiger partial charge in [0.25, 0.3) is 0 Å². The largest absolute Gasteiger partial charge is 0.379 e. The lowest BCUT2D eigenvalue weighted by Gasteiger charge is -2.08. The molecule has 0 fully saturated rings. The summed E-state index contributed by atoms with van der Waals surface area (Å²) in [4.78, 5) is 11.3. The van der Waals surface area contributed by atoms with E-state index in [1.165, 1.54) is 31.2 Å². The third-order valence-electron chi connectivity index (χ3n) is 3.22. The Balaban J connectivity index is 2.18. The summed E-state index contributed by atoms with van der Waals surface area (Å²) >= 11 is 0. The molecule has 0 bridgehead atoms. The summed E-state index contributed by atoms with van der Waals surface area (Å²) in [6, 6.07) is 12.7. The summed E-state index contributed by atoms with van der Waals surface area (Å²) in [6.45, 7) is 3.52. The van der Waals surface area contributed by atoms with Gasteiger partial charge in [-0.3, -0.25) is 4.79 Å². The maximum atomic E-state index is 12.2. The second kappa shape index (κ2) is 6.75. The molecule has 0 spiro atoms. The number of carbonyl (C=O) groups is 1. The molecular weight excluding hydrogens is 300 g/mol. The van der Waals surface area contributed by atoms with Crippen LogP contribution in [0, 0.1) is 0 Å².